The zero-order chi connectivity index (χ0) is 13.7. The van der Waals surface area contributed by atoms with Crippen molar-refractivity contribution in [3.05, 3.63) is 29.3 Å². The number of carbonyl (C=O) groups is 1. The number of hydrogen-bond donors (Lipinski definition) is 2. The number of ether oxygens (including phenoxy) is 1. The zero-order valence-electron chi connectivity index (χ0n) is 11.7. The van der Waals surface area contributed by atoms with Gasteiger partial charge >= 0.3 is 0 Å². The standard InChI is InChI=1S/C15H22N2O2/c1-3-19-14-8-11(2)4-5-12(14)10-17-15(18)13-6-7-16-9-13/h4-5,8,13,16H,3,6-7,9-10H2,1-2H3,(H,17,18). The summed E-state index contributed by atoms with van der Waals surface area (Å²) >= 11 is 0. The zero-order valence-corrected chi connectivity index (χ0v) is 11.7. The highest BCUT2D eigenvalue weighted by Gasteiger charge is 2.22. The number of amides is 1. The molecule has 2 N–H and O–H groups in total. The highest BCUT2D eigenvalue weighted by molar-refractivity contribution is 5.79. The minimum Gasteiger partial charge on any atom is -0.494 e. The van der Waals surface area contributed by atoms with Crippen LogP contribution in [0, 0.1) is 12.8 Å². The molecule has 1 unspecified atom stereocenters. The largest absolute Gasteiger partial charge is 0.494 e. The maximum atomic E-state index is 12.0. The van der Waals surface area contributed by atoms with Crippen LogP contribution in [0.2, 0.25) is 0 Å². The number of rotatable bonds is 5. The van der Waals surface area contributed by atoms with Gasteiger partial charge in [0.2, 0.25) is 5.91 Å². The van der Waals surface area contributed by atoms with Crippen LogP contribution in [-0.4, -0.2) is 25.6 Å². The van der Waals surface area contributed by atoms with E-state index in [1.807, 2.05) is 32.0 Å². The molecule has 1 aromatic carbocycles. The van der Waals surface area contributed by atoms with Gasteiger partial charge in [-0.1, -0.05) is 12.1 Å². The molecular formula is C15H22N2O2. The molecule has 0 aromatic heterocycles. The fraction of sp³-hybridized carbons (Fsp3) is 0.533. The van der Waals surface area contributed by atoms with Crippen LogP contribution in [0.5, 0.6) is 5.75 Å². The Labute approximate surface area is 114 Å². The molecule has 19 heavy (non-hydrogen) atoms. The molecule has 1 fully saturated rings. The van der Waals surface area contributed by atoms with E-state index in [-0.39, 0.29) is 11.8 Å². The second-order valence-corrected chi connectivity index (χ2v) is 4.95. The molecule has 1 aliphatic rings. The van der Waals surface area contributed by atoms with E-state index in [1.165, 1.54) is 5.56 Å². The van der Waals surface area contributed by atoms with Crippen LogP contribution in [0.15, 0.2) is 18.2 Å². The molecule has 4 heteroatoms. The van der Waals surface area contributed by atoms with E-state index in [9.17, 15) is 4.79 Å². The topological polar surface area (TPSA) is 50.4 Å². The Morgan fingerprint density at radius 1 is 1.53 bits per heavy atom. The van der Waals surface area contributed by atoms with Crippen LogP contribution >= 0.6 is 0 Å². The summed E-state index contributed by atoms with van der Waals surface area (Å²) < 4.78 is 5.61. The highest BCUT2D eigenvalue weighted by atomic mass is 16.5. The third-order valence-corrected chi connectivity index (χ3v) is 3.41. The molecule has 0 aliphatic carbocycles. The van der Waals surface area contributed by atoms with Gasteiger partial charge in [-0.3, -0.25) is 4.79 Å². The summed E-state index contributed by atoms with van der Waals surface area (Å²) in [5.74, 6) is 1.11. The average Bonchev–Trinajstić information content (AvgIpc) is 2.92. The van der Waals surface area contributed by atoms with Gasteiger partial charge in [0.25, 0.3) is 0 Å². The summed E-state index contributed by atoms with van der Waals surface area (Å²) in [6, 6.07) is 6.08. The van der Waals surface area contributed by atoms with Gasteiger partial charge in [-0.25, -0.2) is 0 Å². The van der Waals surface area contributed by atoms with Crippen LogP contribution in [0.25, 0.3) is 0 Å². The third-order valence-electron chi connectivity index (χ3n) is 3.41. The fourth-order valence-corrected chi connectivity index (χ4v) is 2.30. The quantitative estimate of drug-likeness (QED) is 0.848. The normalized spacial score (nSPS) is 18.3. The van der Waals surface area contributed by atoms with E-state index in [1.54, 1.807) is 0 Å². The molecule has 104 valence electrons. The lowest BCUT2D eigenvalue weighted by Gasteiger charge is -2.13. The van der Waals surface area contributed by atoms with Gasteiger partial charge < -0.3 is 15.4 Å². The molecule has 0 radical (unpaired) electrons. The second-order valence-electron chi connectivity index (χ2n) is 4.95. The van der Waals surface area contributed by atoms with Gasteiger partial charge in [0.05, 0.1) is 12.5 Å². The lowest BCUT2D eigenvalue weighted by atomic mass is 10.1. The van der Waals surface area contributed by atoms with Gasteiger partial charge in [0.15, 0.2) is 0 Å². The summed E-state index contributed by atoms with van der Waals surface area (Å²) in [4.78, 5) is 12.0. The first-order chi connectivity index (χ1) is 9.20. The summed E-state index contributed by atoms with van der Waals surface area (Å²) in [7, 11) is 0. The Balaban J connectivity index is 1.96. The molecule has 1 aliphatic heterocycles. The van der Waals surface area contributed by atoms with Crippen LogP contribution < -0.4 is 15.4 Å². The maximum absolute atomic E-state index is 12.0. The summed E-state index contributed by atoms with van der Waals surface area (Å²) in [6.45, 7) is 6.90. The van der Waals surface area contributed by atoms with Gasteiger partial charge in [-0.05, 0) is 38.4 Å². The second kappa shape index (κ2) is 6.57. The maximum Gasteiger partial charge on any atom is 0.224 e. The van der Waals surface area contributed by atoms with Crippen molar-refractivity contribution in [1.29, 1.82) is 0 Å². The van der Waals surface area contributed by atoms with Gasteiger partial charge in [0, 0.05) is 18.7 Å². The number of carbonyl (C=O) groups excluding carboxylic acids is 1. The Morgan fingerprint density at radius 2 is 2.37 bits per heavy atom. The predicted octanol–water partition coefficient (Wildman–Crippen LogP) is 1.62. The molecular weight excluding hydrogens is 240 g/mol. The van der Waals surface area contributed by atoms with E-state index >= 15 is 0 Å². The number of aryl methyl sites for hydroxylation is 1. The number of nitrogens with one attached hydrogen (secondary N) is 2. The molecule has 1 heterocycles. The SMILES string of the molecule is CCOc1cc(C)ccc1CNC(=O)C1CCNC1. The molecule has 0 saturated carbocycles. The first-order valence-corrected chi connectivity index (χ1v) is 6.91. The molecule has 1 aromatic rings. The molecule has 1 saturated heterocycles. The number of benzene rings is 1. The van der Waals surface area contributed by atoms with Crippen molar-refractivity contribution in [2.24, 2.45) is 5.92 Å². The molecule has 4 nitrogen and oxygen atoms in total. The summed E-state index contributed by atoms with van der Waals surface area (Å²) in [6.07, 6.45) is 0.929. The summed E-state index contributed by atoms with van der Waals surface area (Å²) in [5.41, 5.74) is 2.20. The van der Waals surface area contributed by atoms with E-state index in [0.717, 1.165) is 30.8 Å². The van der Waals surface area contributed by atoms with Crippen molar-refractivity contribution in [3.63, 3.8) is 0 Å². The van der Waals surface area contributed by atoms with Crippen LogP contribution in [0.1, 0.15) is 24.5 Å². The van der Waals surface area contributed by atoms with Crippen molar-refractivity contribution >= 4 is 5.91 Å². The first kappa shape index (κ1) is 13.9. The Morgan fingerprint density at radius 3 is 3.05 bits per heavy atom. The minimum atomic E-state index is 0.112. The van der Waals surface area contributed by atoms with Crippen molar-refractivity contribution in [2.45, 2.75) is 26.8 Å². The Hall–Kier alpha value is -1.55. The van der Waals surface area contributed by atoms with Crippen molar-refractivity contribution < 1.29 is 9.53 Å². The van der Waals surface area contributed by atoms with Crippen molar-refractivity contribution in [1.82, 2.24) is 10.6 Å². The molecule has 1 atom stereocenters. The Bertz CT molecular complexity index is 440. The lowest BCUT2D eigenvalue weighted by Crippen LogP contribution is -2.31. The van der Waals surface area contributed by atoms with Gasteiger partial charge in [-0.15, -0.1) is 0 Å². The van der Waals surface area contributed by atoms with Crippen LogP contribution in [0.3, 0.4) is 0 Å². The van der Waals surface area contributed by atoms with Gasteiger partial charge in [-0.2, -0.15) is 0 Å². The summed E-state index contributed by atoms with van der Waals surface area (Å²) in [5, 5.41) is 6.21. The van der Waals surface area contributed by atoms with E-state index in [0.29, 0.717) is 13.2 Å². The third kappa shape index (κ3) is 3.70. The van der Waals surface area contributed by atoms with Gasteiger partial charge in [0.1, 0.15) is 5.75 Å². The first-order valence-electron chi connectivity index (χ1n) is 6.91. The average molecular weight is 262 g/mol. The predicted molar refractivity (Wildman–Crippen MR) is 75.2 cm³/mol. The lowest BCUT2D eigenvalue weighted by molar-refractivity contribution is -0.124. The smallest absolute Gasteiger partial charge is 0.224 e. The van der Waals surface area contributed by atoms with E-state index in [2.05, 4.69) is 10.6 Å². The Kier molecular flexibility index (Phi) is 4.80. The molecule has 2 rings (SSSR count). The number of hydrogen-bond acceptors (Lipinski definition) is 3. The van der Waals surface area contributed by atoms with Crippen molar-refractivity contribution in [3.8, 4) is 5.75 Å². The molecule has 1 amide bonds. The van der Waals surface area contributed by atoms with E-state index < -0.39 is 0 Å². The van der Waals surface area contributed by atoms with Crippen LogP contribution in [-0.2, 0) is 11.3 Å². The van der Waals surface area contributed by atoms with Crippen molar-refractivity contribution in [2.75, 3.05) is 19.7 Å². The van der Waals surface area contributed by atoms with Crippen LogP contribution in [0.4, 0.5) is 0 Å². The fourth-order valence-electron chi connectivity index (χ4n) is 2.30. The van der Waals surface area contributed by atoms with E-state index in [4.69, 9.17) is 4.74 Å². The molecule has 0 bridgehead atoms. The molecule has 0 spiro atoms. The monoisotopic (exact) mass is 262 g/mol. The minimum absolute atomic E-state index is 0.112. The highest BCUT2D eigenvalue weighted by Crippen LogP contribution is 2.20.